The molecule has 4 heteroatoms. The molecule has 2 nitrogen and oxygen atoms in total. The number of Topliss-reactive ketones (excluding diaryl/α,β-unsaturated/α-hetero) is 1. The van der Waals surface area contributed by atoms with Crippen LogP contribution in [0.1, 0.15) is 54.5 Å². The van der Waals surface area contributed by atoms with Crippen molar-refractivity contribution in [3.8, 4) is 0 Å². The van der Waals surface area contributed by atoms with Gasteiger partial charge < -0.3 is 5.32 Å². The molecule has 2 heterocycles. The highest BCUT2D eigenvalue weighted by Crippen LogP contribution is 2.32. The van der Waals surface area contributed by atoms with Gasteiger partial charge in [-0.15, -0.1) is 0 Å². The van der Waals surface area contributed by atoms with Crippen LogP contribution < -0.4 is 5.32 Å². The van der Waals surface area contributed by atoms with E-state index in [1.807, 2.05) is 0 Å². The van der Waals surface area contributed by atoms with Crippen LogP contribution in [0.2, 0.25) is 0 Å². The Morgan fingerprint density at radius 2 is 1.90 bits per heavy atom. The Morgan fingerprint density at radius 1 is 1.20 bits per heavy atom. The molecule has 2 bridgehead atoms. The van der Waals surface area contributed by atoms with E-state index in [4.69, 9.17) is 0 Å². The second kappa shape index (κ2) is 5.60. The van der Waals surface area contributed by atoms with E-state index < -0.39 is 6.43 Å². The summed E-state index contributed by atoms with van der Waals surface area (Å²) in [6.45, 7) is 0. The minimum atomic E-state index is -2.52. The number of ketones is 1. The maximum atomic E-state index is 12.7. The fourth-order valence-electron chi connectivity index (χ4n) is 3.54. The number of halogens is 2. The summed E-state index contributed by atoms with van der Waals surface area (Å²) in [6.07, 6.45) is 2.64. The first kappa shape index (κ1) is 13.7. The van der Waals surface area contributed by atoms with Crippen LogP contribution in [0.5, 0.6) is 0 Å². The molecule has 108 valence electrons. The number of piperidine rings is 2. The number of hydrogen-bond acceptors (Lipinski definition) is 2. The molecule has 0 aromatic heterocycles. The molecule has 2 fully saturated rings. The summed E-state index contributed by atoms with van der Waals surface area (Å²) in [4.78, 5) is 12.5. The molecular formula is C16H19F2NO. The van der Waals surface area contributed by atoms with Crippen LogP contribution in [0.15, 0.2) is 24.3 Å². The zero-order chi connectivity index (χ0) is 14.1. The average Bonchev–Trinajstić information content (AvgIpc) is 2.46. The van der Waals surface area contributed by atoms with Crippen molar-refractivity contribution in [2.45, 2.75) is 50.6 Å². The number of benzene rings is 1. The molecule has 20 heavy (non-hydrogen) atoms. The molecule has 2 atom stereocenters. The van der Waals surface area contributed by atoms with E-state index in [0.717, 1.165) is 25.7 Å². The summed E-state index contributed by atoms with van der Waals surface area (Å²) in [5.74, 6) is 0.0189. The fourth-order valence-corrected chi connectivity index (χ4v) is 3.54. The number of hydrogen-bond donors (Lipinski definition) is 1. The third kappa shape index (κ3) is 2.75. The molecule has 2 saturated heterocycles. The minimum absolute atomic E-state index is 0.0144. The van der Waals surface area contributed by atoms with Gasteiger partial charge in [0.15, 0.2) is 5.78 Å². The summed E-state index contributed by atoms with van der Waals surface area (Å²) < 4.78 is 25.4. The fraction of sp³-hybridized carbons (Fsp3) is 0.562. The van der Waals surface area contributed by atoms with Gasteiger partial charge in [0.25, 0.3) is 6.43 Å². The van der Waals surface area contributed by atoms with Crippen molar-refractivity contribution in [1.29, 1.82) is 0 Å². The van der Waals surface area contributed by atoms with Gasteiger partial charge in [-0.25, -0.2) is 8.78 Å². The topological polar surface area (TPSA) is 29.1 Å². The van der Waals surface area contributed by atoms with Gasteiger partial charge in [-0.1, -0.05) is 24.6 Å². The molecule has 1 aromatic rings. The van der Waals surface area contributed by atoms with Gasteiger partial charge in [-0.3, -0.25) is 4.79 Å². The predicted molar refractivity (Wildman–Crippen MR) is 73.0 cm³/mol. The van der Waals surface area contributed by atoms with Crippen molar-refractivity contribution >= 4 is 5.78 Å². The van der Waals surface area contributed by atoms with Crippen LogP contribution in [0, 0.1) is 5.92 Å². The van der Waals surface area contributed by atoms with Gasteiger partial charge in [0.2, 0.25) is 0 Å². The van der Waals surface area contributed by atoms with E-state index in [1.54, 1.807) is 12.1 Å². The molecule has 1 aromatic carbocycles. The minimum Gasteiger partial charge on any atom is -0.311 e. The first-order valence-electron chi connectivity index (χ1n) is 7.32. The highest BCUT2D eigenvalue weighted by atomic mass is 19.3. The predicted octanol–water partition coefficient (Wildman–Crippen LogP) is 3.73. The molecule has 0 saturated carbocycles. The van der Waals surface area contributed by atoms with E-state index in [9.17, 15) is 13.6 Å². The second-order valence-corrected chi connectivity index (χ2v) is 5.95. The van der Waals surface area contributed by atoms with Gasteiger partial charge in [0.05, 0.1) is 0 Å². The Balaban J connectivity index is 1.77. The van der Waals surface area contributed by atoms with Crippen LogP contribution in [0.25, 0.3) is 0 Å². The standard InChI is InChI=1S/C16H19F2NO/c17-16(18)11-4-1-3-10(7-11)15(20)12-8-13-5-2-6-14(9-12)19-13/h1,3-4,7,12-14,16,19H,2,5-6,8-9H2. The van der Waals surface area contributed by atoms with E-state index in [0.29, 0.717) is 17.6 Å². The zero-order valence-electron chi connectivity index (χ0n) is 11.3. The van der Waals surface area contributed by atoms with Crippen molar-refractivity contribution in [2.75, 3.05) is 0 Å². The smallest absolute Gasteiger partial charge is 0.263 e. The Bertz CT molecular complexity index is 491. The molecule has 2 aliphatic rings. The van der Waals surface area contributed by atoms with E-state index in [2.05, 4.69) is 5.32 Å². The van der Waals surface area contributed by atoms with Crippen molar-refractivity contribution in [3.63, 3.8) is 0 Å². The lowest BCUT2D eigenvalue weighted by Crippen LogP contribution is -2.50. The van der Waals surface area contributed by atoms with Crippen LogP contribution in [-0.2, 0) is 0 Å². The highest BCUT2D eigenvalue weighted by Gasteiger charge is 2.34. The van der Waals surface area contributed by atoms with Crippen molar-refractivity contribution in [2.24, 2.45) is 5.92 Å². The van der Waals surface area contributed by atoms with Gasteiger partial charge in [-0.05, 0) is 31.7 Å². The Morgan fingerprint density at radius 3 is 2.55 bits per heavy atom. The number of nitrogens with one attached hydrogen (secondary N) is 1. The van der Waals surface area contributed by atoms with E-state index in [-0.39, 0.29) is 17.3 Å². The van der Waals surface area contributed by atoms with Gasteiger partial charge in [0, 0.05) is 29.1 Å². The quantitative estimate of drug-likeness (QED) is 0.854. The monoisotopic (exact) mass is 279 g/mol. The van der Waals surface area contributed by atoms with Crippen LogP contribution >= 0.6 is 0 Å². The molecular weight excluding hydrogens is 260 g/mol. The van der Waals surface area contributed by atoms with Gasteiger partial charge in [-0.2, -0.15) is 0 Å². The number of carbonyl (C=O) groups is 1. The molecule has 1 N–H and O–H groups in total. The lowest BCUT2D eigenvalue weighted by atomic mass is 9.77. The van der Waals surface area contributed by atoms with Crippen molar-refractivity contribution in [3.05, 3.63) is 35.4 Å². The number of carbonyl (C=O) groups excluding carboxylic acids is 1. The first-order valence-corrected chi connectivity index (χ1v) is 7.32. The number of rotatable bonds is 3. The van der Waals surface area contributed by atoms with Crippen LogP contribution in [0.4, 0.5) is 8.78 Å². The summed E-state index contributed by atoms with van der Waals surface area (Å²) in [5.41, 5.74) is 0.373. The molecule has 2 aliphatic heterocycles. The molecule has 3 rings (SSSR count). The molecule has 0 amide bonds. The first-order chi connectivity index (χ1) is 9.63. The zero-order valence-corrected chi connectivity index (χ0v) is 11.3. The highest BCUT2D eigenvalue weighted by molar-refractivity contribution is 5.98. The second-order valence-electron chi connectivity index (χ2n) is 5.95. The third-order valence-corrected chi connectivity index (χ3v) is 4.51. The third-order valence-electron chi connectivity index (χ3n) is 4.51. The lowest BCUT2D eigenvalue weighted by Gasteiger charge is -2.39. The summed E-state index contributed by atoms with van der Waals surface area (Å²) >= 11 is 0. The Hall–Kier alpha value is -1.29. The van der Waals surface area contributed by atoms with Crippen LogP contribution in [0.3, 0.4) is 0 Å². The number of alkyl halides is 2. The number of fused-ring (bicyclic) bond motifs is 2. The van der Waals surface area contributed by atoms with E-state index in [1.165, 1.54) is 18.6 Å². The average molecular weight is 279 g/mol. The van der Waals surface area contributed by atoms with Crippen LogP contribution in [-0.4, -0.2) is 17.9 Å². The van der Waals surface area contributed by atoms with Crippen molar-refractivity contribution < 1.29 is 13.6 Å². The molecule has 0 spiro atoms. The normalized spacial score (nSPS) is 29.4. The Kier molecular flexibility index (Phi) is 3.83. The van der Waals surface area contributed by atoms with Gasteiger partial charge >= 0.3 is 0 Å². The summed E-state index contributed by atoms with van der Waals surface area (Å²) in [7, 11) is 0. The van der Waals surface area contributed by atoms with Gasteiger partial charge in [0.1, 0.15) is 0 Å². The largest absolute Gasteiger partial charge is 0.311 e. The maximum Gasteiger partial charge on any atom is 0.263 e. The Labute approximate surface area is 117 Å². The maximum absolute atomic E-state index is 12.7. The summed E-state index contributed by atoms with van der Waals surface area (Å²) in [6, 6.07) is 6.79. The molecule has 2 unspecified atom stereocenters. The lowest BCUT2D eigenvalue weighted by molar-refractivity contribution is 0.0824. The molecule has 0 radical (unpaired) electrons. The summed E-state index contributed by atoms with van der Waals surface area (Å²) in [5, 5.41) is 3.55. The molecule has 0 aliphatic carbocycles. The van der Waals surface area contributed by atoms with E-state index >= 15 is 0 Å². The van der Waals surface area contributed by atoms with Crippen molar-refractivity contribution in [1.82, 2.24) is 5.32 Å². The SMILES string of the molecule is O=C(c1cccc(C(F)F)c1)C1CC2CCCC(C1)N2.